The van der Waals surface area contributed by atoms with Crippen LogP contribution in [0.1, 0.15) is 122 Å². The van der Waals surface area contributed by atoms with E-state index in [9.17, 15) is 14.7 Å². The molecule has 0 aliphatic rings. The van der Waals surface area contributed by atoms with Crippen LogP contribution in [0.4, 0.5) is 0 Å². The molecule has 0 aromatic carbocycles. The Balaban J connectivity index is 3.53. The Morgan fingerprint density at radius 2 is 1.18 bits per heavy atom. The lowest BCUT2D eigenvalue weighted by molar-refractivity contribution is -0.130. The number of aliphatic hydroxyl groups is 1. The number of carbonyl (C=O) groups excluding carboxylic acids is 2. The number of hydrogen-bond donors (Lipinski definition) is 5. The number of nitrogens with one attached hydrogen (secondary N) is 2. The fourth-order valence-corrected chi connectivity index (χ4v) is 3.95. The Bertz CT molecular complexity index is 463. The summed E-state index contributed by atoms with van der Waals surface area (Å²) in [6, 6.07) is -1.67. The first-order chi connectivity index (χ1) is 16.1. The van der Waals surface area contributed by atoms with Crippen LogP contribution in [-0.2, 0) is 9.59 Å². The van der Waals surface area contributed by atoms with Gasteiger partial charge in [0.2, 0.25) is 11.8 Å². The van der Waals surface area contributed by atoms with Crippen LogP contribution in [0.5, 0.6) is 0 Å². The number of amides is 2. The highest BCUT2D eigenvalue weighted by molar-refractivity contribution is 5.89. The lowest BCUT2D eigenvalue weighted by Crippen LogP contribution is -2.53. The number of unbranched alkanes of at least 4 members (excludes halogenated alkanes) is 15. The van der Waals surface area contributed by atoms with E-state index in [0.29, 0.717) is 25.9 Å². The summed E-state index contributed by atoms with van der Waals surface area (Å²) >= 11 is 0. The fraction of sp³-hybridized carbons (Fsp3) is 0.923. The molecule has 0 aliphatic heterocycles. The van der Waals surface area contributed by atoms with E-state index in [1.807, 2.05) is 0 Å². The molecule has 0 saturated carbocycles. The zero-order chi connectivity index (χ0) is 24.6. The van der Waals surface area contributed by atoms with Crippen molar-refractivity contribution in [3.05, 3.63) is 0 Å². The van der Waals surface area contributed by atoms with Gasteiger partial charge < -0.3 is 27.2 Å². The first kappa shape index (κ1) is 31.8. The van der Waals surface area contributed by atoms with Crippen molar-refractivity contribution >= 4 is 11.8 Å². The molecular formula is C26H54N4O3. The summed E-state index contributed by atoms with van der Waals surface area (Å²) in [6.07, 6.45) is 22.1. The average molecular weight is 471 g/mol. The first-order valence-corrected chi connectivity index (χ1v) is 13.7. The van der Waals surface area contributed by atoms with Crippen LogP contribution in [0.25, 0.3) is 0 Å². The molecule has 0 aromatic rings. The topological polar surface area (TPSA) is 130 Å². The van der Waals surface area contributed by atoms with Gasteiger partial charge in [0.25, 0.3) is 0 Å². The minimum atomic E-state index is -0.956. The SMILES string of the molecule is CCCCCCCCCCCCCCCCCCNC(=O)[C@H](CO)NC(=O)[C@@H](N)CCCN. The van der Waals surface area contributed by atoms with E-state index in [4.69, 9.17) is 11.5 Å². The van der Waals surface area contributed by atoms with E-state index >= 15 is 0 Å². The minimum Gasteiger partial charge on any atom is -0.394 e. The van der Waals surface area contributed by atoms with Crippen LogP contribution in [0, 0.1) is 0 Å². The monoisotopic (exact) mass is 470 g/mol. The van der Waals surface area contributed by atoms with Crippen LogP contribution in [-0.4, -0.2) is 48.7 Å². The van der Waals surface area contributed by atoms with Crippen molar-refractivity contribution in [2.45, 2.75) is 135 Å². The Morgan fingerprint density at radius 3 is 1.61 bits per heavy atom. The largest absolute Gasteiger partial charge is 0.394 e. The van der Waals surface area contributed by atoms with Crippen molar-refractivity contribution in [1.29, 1.82) is 0 Å². The standard InChI is InChI=1S/C26H54N4O3/c1-2-3-4-5-6-7-8-9-10-11-12-13-14-15-16-17-21-29-26(33)24(22-31)30-25(32)23(28)19-18-20-27/h23-24,31H,2-22,27-28H2,1H3,(H,29,33)(H,30,32)/t23-,24-/m0/s1. The summed E-state index contributed by atoms with van der Waals surface area (Å²) in [5.41, 5.74) is 11.2. The van der Waals surface area contributed by atoms with Gasteiger partial charge >= 0.3 is 0 Å². The van der Waals surface area contributed by atoms with Crippen molar-refractivity contribution in [1.82, 2.24) is 10.6 Å². The van der Waals surface area contributed by atoms with Gasteiger partial charge in [0.15, 0.2) is 0 Å². The maximum absolute atomic E-state index is 12.2. The average Bonchev–Trinajstić information content (AvgIpc) is 2.82. The second kappa shape index (κ2) is 24.0. The smallest absolute Gasteiger partial charge is 0.244 e. The van der Waals surface area contributed by atoms with Gasteiger partial charge in [-0.2, -0.15) is 0 Å². The van der Waals surface area contributed by atoms with Gasteiger partial charge in [0.05, 0.1) is 12.6 Å². The zero-order valence-electron chi connectivity index (χ0n) is 21.4. The first-order valence-electron chi connectivity index (χ1n) is 13.7. The molecule has 0 saturated heterocycles. The highest BCUT2D eigenvalue weighted by atomic mass is 16.3. The Morgan fingerprint density at radius 1 is 0.727 bits per heavy atom. The summed E-state index contributed by atoms with van der Waals surface area (Å²) < 4.78 is 0. The normalized spacial score (nSPS) is 13.0. The van der Waals surface area contributed by atoms with Gasteiger partial charge in [-0.15, -0.1) is 0 Å². The molecule has 0 unspecified atom stereocenters. The Labute approximate surface area is 203 Å². The van der Waals surface area contributed by atoms with Crippen molar-refractivity contribution in [3.63, 3.8) is 0 Å². The second-order valence-electron chi connectivity index (χ2n) is 9.38. The third-order valence-corrected chi connectivity index (χ3v) is 6.20. The highest BCUT2D eigenvalue weighted by Crippen LogP contribution is 2.13. The molecule has 0 bridgehead atoms. The van der Waals surface area contributed by atoms with E-state index in [1.165, 1.54) is 89.9 Å². The zero-order valence-corrected chi connectivity index (χ0v) is 21.4. The van der Waals surface area contributed by atoms with Gasteiger partial charge in [0, 0.05) is 6.54 Å². The molecule has 2 atom stereocenters. The van der Waals surface area contributed by atoms with E-state index in [-0.39, 0.29) is 5.91 Å². The van der Waals surface area contributed by atoms with Gasteiger partial charge in [-0.05, 0) is 25.8 Å². The number of rotatable bonds is 24. The molecule has 33 heavy (non-hydrogen) atoms. The van der Waals surface area contributed by atoms with Crippen LogP contribution >= 0.6 is 0 Å². The maximum Gasteiger partial charge on any atom is 0.244 e. The molecule has 0 rings (SSSR count). The molecule has 7 nitrogen and oxygen atoms in total. The highest BCUT2D eigenvalue weighted by Gasteiger charge is 2.22. The fourth-order valence-electron chi connectivity index (χ4n) is 3.95. The summed E-state index contributed by atoms with van der Waals surface area (Å²) in [5.74, 6) is -0.794. The van der Waals surface area contributed by atoms with Gasteiger partial charge in [-0.3, -0.25) is 9.59 Å². The molecule has 0 radical (unpaired) electrons. The molecule has 0 aliphatic carbocycles. The third kappa shape index (κ3) is 20.0. The van der Waals surface area contributed by atoms with E-state index in [1.54, 1.807) is 0 Å². The second-order valence-corrected chi connectivity index (χ2v) is 9.38. The van der Waals surface area contributed by atoms with Gasteiger partial charge in [-0.25, -0.2) is 0 Å². The minimum absolute atomic E-state index is 0.363. The lowest BCUT2D eigenvalue weighted by Gasteiger charge is -2.18. The molecule has 0 aromatic heterocycles. The number of nitrogens with two attached hydrogens (primary N) is 2. The van der Waals surface area contributed by atoms with E-state index < -0.39 is 24.6 Å². The molecule has 196 valence electrons. The van der Waals surface area contributed by atoms with Gasteiger partial charge in [-0.1, -0.05) is 103 Å². The Hall–Kier alpha value is -1.18. The quantitative estimate of drug-likeness (QED) is 0.137. The van der Waals surface area contributed by atoms with Crippen molar-refractivity contribution in [2.75, 3.05) is 19.7 Å². The predicted molar refractivity (Wildman–Crippen MR) is 138 cm³/mol. The number of aliphatic hydroxyl groups excluding tert-OH is 1. The van der Waals surface area contributed by atoms with E-state index in [2.05, 4.69) is 17.6 Å². The summed E-state index contributed by atoms with van der Waals surface area (Å²) in [6.45, 7) is 2.84. The summed E-state index contributed by atoms with van der Waals surface area (Å²) in [7, 11) is 0. The van der Waals surface area contributed by atoms with Crippen molar-refractivity contribution in [2.24, 2.45) is 11.5 Å². The lowest BCUT2D eigenvalue weighted by atomic mass is 10.0. The molecule has 7 N–H and O–H groups in total. The number of carbonyl (C=O) groups is 2. The van der Waals surface area contributed by atoms with Crippen LogP contribution < -0.4 is 22.1 Å². The Kier molecular flexibility index (Phi) is 23.1. The molecule has 2 amide bonds. The van der Waals surface area contributed by atoms with Gasteiger partial charge in [0.1, 0.15) is 6.04 Å². The van der Waals surface area contributed by atoms with Crippen LogP contribution in [0.15, 0.2) is 0 Å². The van der Waals surface area contributed by atoms with Crippen LogP contribution in [0.3, 0.4) is 0 Å². The number of hydrogen-bond acceptors (Lipinski definition) is 5. The molecule has 0 heterocycles. The molecular weight excluding hydrogens is 416 g/mol. The maximum atomic E-state index is 12.2. The van der Waals surface area contributed by atoms with Crippen LogP contribution in [0.2, 0.25) is 0 Å². The summed E-state index contributed by atoms with van der Waals surface area (Å²) in [5, 5.41) is 14.7. The predicted octanol–water partition coefficient (Wildman–Crippen LogP) is 3.91. The molecule has 7 heteroatoms. The van der Waals surface area contributed by atoms with Crippen molar-refractivity contribution in [3.8, 4) is 0 Å². The molecule has 0 spiro atoms. The third-order valence-electron chi connectivity index (χ3n) is 6.20. The van der Waals surface area contributed by atoms with E-state index in [0.717, 1.165) is 12.8 Å². The summed E-state index contributed by atoms with van der Waals surface area (Å²) in [4.78, 5) is 24.1. The molecule has 0 fully saturated rings. The van der Waals surface area contributed by atoms with Crippen molar-refractivity contribution < 1.29 is 14.7 Å².